The van der Waals surface area contributed by atoms with Crippen LogP contribution in [0.4, 0.5) is 5.82 Å². The van der Waals surface area contributed by atoms with E-state index >= 15 is 0 Å². The molecule has 3 rings (SSSR count). The Morgan fingerprint density at radius 2 is 2.00 bits per heavy atom. The summed E-state index contributed by atoms with van der Waals surface area (Å²) >= 11 is 3.59. The van der Waals surface area contributed by atoms with Gasteiger partial charge in [0.1, 0.15) is 5.82 Å². The normalized spacial score (nSPS) is 16.1. The summed E-state index contributed by atoms with van der Waals surface area (Å²) in [7, 11) is 0. The van der Waals surface area contributed by atoms with Gasteiger partial charge in [0, 0.05) is 34.5 Å². The van der Waals surface area contributed by atoms with Gasteiger partial charge < -0.3 is 10.2 Å². The molecule has 1 saturated heterocycles. The van der Waals surface area contributed by atoms with Crippen LogP contribution in [0.5, 0.6) is 0 Å². The number of fused-ring (bicyclic) bond motifs is 1. The number of likely N-dealkylation sites (tertiary alicyclic amines) is 1. The minimum Gasteiger partial charge on any atom is -0.368 e. The molecule has 1 N–H and O–H groups in total. The van der Waals surface area contributed by atoms with Crippen molar-refractivity contribution in [2.45, 2.75) is 12.8 Å². The maximum absolute atomic E-state index is 4.46. The third-order valence-electron chi connectivity index (χ3n) is 3.67. The van der Waals surface area contributed by atoms with E-state index in [4.69, 9.17) is 0 Å². The van der Waals surface area contributed by atoms with Crippen molar-refractivity contribution >= 4 is 32.5 Å². The van der Waals surface area contributed by atoms with Gasteiger partial charge in [-0.25, -0.2) is 4.98 Å². The fourth-order valence-electron chi connectivity index (χ4n) is 2.65. The van der Waals surface area contributed by atoms with E-state index in [2.05, 4.69) is 49.3 Å². The van der Waals surface area contributed by atoms with Crippen LogP contribution in [0.3, 0.4) is 0 Å². The van der Waals surface area contributed by atoms with Crippen molar-refractivity contribution in [2.75, 3.05) is 31.5 Å². The average Bonchev–Trinajstić information content (AvgIpc) is 2.93. The van der Waals surface area contributed by atoms with Gasteiger partial charge in [-0.3, -0.25) is 0 Å². The minimum atomic E-state index is 0.957. The van der Waals surface area contributed by atoms with Crippen LogP contribution < -0.4 is 5.32 Å². The van der Waals surface area contributed by atoms with Crippen LogP contribution >= 0.6 is 15.9 Å². The number of rotatable bonds is 4. The third kappa shape index (κ3) is 2.90. The van der Waals surface area contributed by atoms with Gasteiger partial charge in [-0.15, -0.1) is 0 Å². The number of pyridine rings is 1. The van der Waals surface area contributed by atoms with Crippen molar-refractivity contribution in [3.63, 3.8) is 0 Å². The summed E-state index contributed by atoms with van der Waals surface area (Å²) in [6.07, 6.45) is 4.56. The SMILES string of the molecule is Brc1cccc2c(NCCN3CCCC3)nccc12. The van der Waals surface area contributed by atoms with E-state index in [0.29, 0.717) is 0 Å². The zero-order chi connectivity index (χ0) is 13.1. The molecule has 0 bridgehead atoms. The number of aromatic nitrogens is 1. The lowest BCUT2D eigenvalue weighted by atomic mass is 10.1. The highest BCUT2D eigenvalue weighted by atomic mass is 79.9. The van der Waals surface area contributed by atoms with Crippen molar-refractivity contribution in [1.29, 1.82) is 0 Å². The third-order valence-corrected chi connectivity index (χ3v) is 4.36. The van der Waals surface area contributed by atoms with E-state index in [9.17, 15) is 0 Å². The van der Waals surface area contributed by atoms with Crippen LogP contribution in [0.2, 0.25) is 0 Å². The van der Waals surface area contributed by atoms with E-state index in [-0.39, 0.29) is 0 Å². The number of hydrogen-bond acceptors (Lipinski definition) is 3. The van der Waals surface area contributed by atoms with Gasteiger partial charge in [-0.1, -0.05) is 28.1 Å². The smallest absolute Gasteiger partial charge is 0.133 e. The lowest BCUT2D eigenvalue weighted by molar-refractivity contribution is 0.352. The van der Waals surface area contributed by atoms with Crippen molar-refractivity contribution in [2.24, 2.45) is 0 Å². The predicted molar refractivity (Wildman–Crippen MR) is 83.6 cm³/mol. The van der Waals surface area contributed by atoms with E-state index < -0.39 is 0 Å². The molecule has 2 aromatic rings. The standard InChI is InChI=1S/C15H18BrN3/c16-14-5-3-4-13-12(14)6-7-17-15(13)18-8-11-19-9-1-2-10-19/h3-7H,1-2,8-11H2,(H,17,18). The monoisotopic (exact) mass is 319 g/mol. The van der Waals surface area contributed by atoms with Gasteiger partial charge in [0.2, 0.25) is 0 Å². The summed E-state index contributed by atoms with van der Waals surface area (Å²) in [5.74, 6) is 0.984. The zero-order valence-electron chi connectivity index (χ0n) is 10.9. The summed E-state index contributed by atoms with van der Waals surface area (Å²) in [6.45, 7) is 4.55. The van der Waals surface area contributed by atoms with Crippen molar-refractivity contribution < 1.29 is 0 Å². The molecule has 3 nitrogen and oxygen atoms in total. The van der Waals surface area contributed by atoms with Crippen LogP contribution in [0.15, 0.2) is 34.9 Å². The summed E-state index contributed by atoms with van der Waals surface area (Å²) in [5, 5.41) is 5.86. The molecule has 0 spiro atoms. The molecular formula is C15H18BrN3. The predicted octanol–water partition coefficient (Wildman–Crippen LogP) is 3.51. The fraction of sp³-hybridized carbons (Fsp3) is 0.400. The number of halogens is 1. The molecule has 1 aromatic heterocycles. The number of anilines is 1. The molecule has 4 heteroatoms. The van der Waals surface area contributed by atoms with E-state index in [1.165, 1.54) is 36.7 Å². The largest absolute Gasteiger partial charge is 0.368 e. The molecule has 1 aliphatic rings. The number of hydrogen-bond donors (Lipinski definition) is 1. The van der Waals surface area contributed by atoms with Gasteiger partial charge in [-0.05, 0) is 38.1 Å². The molecular weight excluding hydrogens is 302 g/mol. The maximum atomic E-state index is 4.46. The van der Waals surface area contributed by atoms with Gasteiger partial charge >= 0.3 is 0 Å². The highest BCUT2D eigenvalue weighted by Gasteiger charge is 2.11. The quantitative estimate of drug-likeness (QED) is 0.934. The molecule has 0 unspecified atom stereocenters. The minimum absolute atomic E-state index is 0.957. The lowest BCUT2D eigenvalue weighted by Gasteiger charge is -2.15. The molecule has 1 aliphatic heterocycles. The fourth-order valence-corrected chi connectivity index (χ4v) is 3.15. The Kier molecular flexibility index (Phi) is 3.99. The van der Waals surface area contributed by atoms with E-state index in [0.717, 1.165) is 23.4 Å². The Morgan fingerprint density at radius 1 is 1.16 bits per heavy atom. The van der Waals surface area contributed by atoms with Crippen molar-refractivity contribution in [3.8, 4) is 0 Å². The van der Waals surface area contributed by atoms with Gasteiger partial charge in [0.25, 0.3) is 0 Å². The first-order valence-electron chi connectivity index (χ1n) is 6.84. The average molecular weight is 320 g/mol. The Morgan fingerprint density at radius 3 is 2.84 bits per heavy atom. The zero-order valence-corrected chi connectivity index (χ0v) is 12.5. The summed E-state index contributed by atoms with van der Waals surface area (Å²) in [4.78, 5) is 6.97. The first kappa shape index (κ1) is 12.9. The second kappa shape index (κ2) is 5.88. The second-order valence-corrected chi connectivity index (χ2v) is 5.82. The van der Waals surface area contributed by atoms with E-state index in [1.807, 2.05) is 12.3 Å². The van der Waals surface area contributed by atoms with Crippen molar-refractivity contribution in [3.05, 3.63) is 34.9 Å². The first-order valence-corrected chi connectivity index (χ1v) is 7.63. The molecule has 1 aromatic carbocycles. The van der Waals surface area contributed by atoms with Crippen LogP contribution in [-0.4, -0.2) is 36.1 Å². The van der Waals surface area contributed by atoms with Crippen LogP contribution in [-0.2, 0) is 0 Å². The van der Waals surface area contributed by atoms with E-state index in [1.54, 1.807) is 0 Å². The highest BCUT2D eigenvalue weighted by molar-refractivity contribution is 9.10. The summed E-state index contributed by atoms with van der Waals surface area (Å²) in [5.41, 5.74) is 0. The van der Waals surface area contributed by atoms with Crippen molar-refractivity contribution in [1.82, 2.24) is 9.88 Å². The topological polar surface area (TPSA) is 28.2 Å². The van der Waals surface area contributed by atoms with Crippen LogP contribution in [0, 0.1) is 0 Å². The molecule has 2 heterocycles. The molecule has 19 heavy (non-hydrogen) atoms. The molecule has 0 atom stereocenters. The molecule has 0 aliphatic carbocycles. The highest BCUT2D eigenvalue weighted by Crippen LogP contribution is 2.27. The molecule has 0 amide bonds. The Hall–Kier alpha value is -1.13. The van der Waals surface area contributed by atoms with Gasteiger partial charge in [0.05, 0.1) is 0 Å². The second-order valence-electron chi connectivity index (χ2n) is 4.97. The summed E-state index contributed by atoms with van der Waals surface area (Å²) in [6, 6.07) is 8.28. The van der Waals surface area contributed by atoms with Gasteiger partial charge in [-0.2, -0.15) is 0 Å². The van der Waals surface area contributed by atoms with Crippen LogP contribution in [0.25, 0.3) is 10.8 Å². The number of nitrogens with zero attached hydrogens (tertiary/aromatic N) is 2. The molecule has 1 fully saturated rings. The van der Waals surface area contributed by atoms with Gasteiger partial charge in [0.15, 0.2) is 0 Å². The number of nitrogens with one attached hydrogen (secondary N) is 1. The molecule has 0 radical (unpaired) electrons. The number of benzene rings is 1. The van der Waals surface area contributed by atoms with Crippen LogP contribution in [0.1, 0.15) is 12.8 Å². The maximum Gasteiger partial charge on any atom is 0.133 e. The Bertz CT molecular complexity index is 564. The molecule has 0 saturated carbocycles. The Balaban J connectivity index is 1.72. The lowest BCUT2D eigenvalue weighted by Crippen LogP contribution is -2.26. The first-order chi connectivity index (χ1) is 9.34. The summed E-state index contributed by atoms with van der Waals surface area (Å²) < 4.78 is 1.12. The molecule has 100 valence electrons. The Labute approximate surface area is 122 Å².